The lowest BCUT2D eigenvalue weighted by atomic mass is 10.2. The molecule has 0 fully saturated rings. The largest absolute Gasteiger partial charge is 0.464 e. The van der Waals surface area contributed by atoms with Crippen LogP contribution in [0.25, 0.3) is 0 Å². The molecule has 13 heavy (non-hydrogen) atoms. The van der Waals surface area contributed by atoms with E-state index in [1.807, 2.05) is 0 Å². The van der Waals surface area contributed by atoms with Gasteiger partial charge in [0.1, 0.15) is 0 Å². The van der Waals surface area contributed by atoms with E-state index in [4.69, 9.17) is 10.8 Å². The van der Waals surface area contributed by atoms with Crippen molar-refractivity contribution in [3.63, 3.8) is 0 Å². The molecule has 0 spiro atoms. The molecule has 1 rings (SSSR count). The summed E-state index contributed by atoms with van der Waals surface area (Å²) in [5.74, 6) is 0. The van der Waals surface area contributed by atoms with Crippen LogP contribution in [0.15, 0.2) is 24.3 Å². The van der Waals surface area contributed by atoms with Gasteiger partial charge in [-0.25, -0.2) is 4.79 Å². The van der Waals surface area contributed by atoms with Crippen molar-refractivity contribution in [2.75, 3.05) is 5.73 Å². The number of nitrogen functional groups attached to an aromatic ring is 1. The van der Waals surface area contributed by atoms with E-state index in [1.165, 1.54) is 0 Å². The Labute approximate surface area is 75.1 Å². The smallest absolute Gasteiger partial charge is 0.428 e. The van der Waals surface area contributed by atoms with Crippen molar-refractivity contribution in [1.29, 1.82) is 0 Å². The minimum Gasteiger partial charge on any atom is -0.464 e. The molecule has 0 saturated heterocycles. The third-order valence-corrected chi connectivity index (χ3v) is 1.38. The average molecular weight is 182 g/mol. The molecular formula is C8H10N2O3. The standard InChI is InChI=1S/C8H10N2O3/c9-7-3-1-6(2-4-7)5-13-10-8(11)12/h1-4,10H,5,9H2,(H,11,12). The molecule has 0 atom stereocenters. The summed E-state index contributed by atoms with van der Waals surface area (Å²) in [6.07, 6.45) is -1.21. The number of hydrogen-bond donors (Lipinski definition) is 3. The predicted octanol–water partition coefficient (Wildman–Crippen LogP) is 0.968. The molecule has 1 aromatic carbocycles. The zero-order valence-corrected chi connectivity index (χ0v) is 6.86. The van der Waals surface area contributed by atoms with Gasteiger partial charge in [0.25, 0.3) is 0 Å². The van der Waals surface area contributed by atoms with Crippen molar-refractivity contribution in [2.45, 2.75) is 6.61 Å². The Kier molecular flexibility index (Phi) is 3.10. The van der Waals surface area contributed by atoms with Crippen molar-refractivity contribution in [3.05, 3.63) is 29.8 Å². The second-order valence-corrected chi connectivity index (χ2v) is 2.44. The van der Waals surface area contributed by atoms with Gasteiger partial charge < -0.3 is 10.8 Å². The Morgan fingerprint density at radius 2 is 2.08 bits per heavy atom. The summed E-state index contributed by atoms with van der Waals surface area (Å²) in [5, 5.41) is 8.18. The predicted molar refractivity (Wildman–Crippen MR) is 46.8 cm³/mol. The Bertz CT molecular complexity index is 284. The van der Waals surface area contributed by atoms with Crippen molar-refractivity contribution < 1.29 is 14.7 Å². The van der Waals surface area contributed by atoms with Gasteiger partial charge in [-0.15, -0.1) is 0 Å². The molecule has 0 radical (unpaired) electrons. The van der Waals surface area contributed by atoms with E-state index in [1.54, 1.807) is 29.7 Å². The van der Waals surface area contributed by atoms with Gasteiger partial charge in [0.15, 0.2) is 0 Å². The van der Waals surface area contributed by atoms with Crippen molar-refractivity contribution in [3.8, 4) is 0 Å². The molecule has 1 amide bonds. The van der Waals surface area contributed by atoms with Gasteiger partial charge in [0.2, 0.25) is 0 Å². The van der Waals surface area contributed by atoms with E-state index < -0.39 is 6.09 Å². The van der Waals surface area contributed by atoms with E-state index in [0.717, 1.165) is 5.56 Å². The van der Waals surface area contributed by atoms with E-state index in [2.05, 4.69) is 4.84 Å². The summed E-state index contributed by atoms with van der Waals surface area (Å²) in [7, 11) is 0. The number of carboxylic acid groups (broad SMARTS) is 1. The number of rotatable bonds is 3. The highest BCUT2D eigenvalue weighted by Gasteiger charge is 1.95. The molecule has 0 aliphatic heterocycles. The Morgan fingerprint density at radius 1 is 1.46 bits per heavy atom. The highest BCUT2D eigenvalue weighted by molar-refractivity contribution is 5.62. The van der Waals surface area contributed by atoms with Crippen LogP contribution in [-0.2, 0) is 11.4 Å². The fourth-order valence-corrected chi connectivity index (χ4v) is 0.795. The lowest BCUT2D eigenvalue weighted by Crippen LogP contribution is -2.20. The quantitative estimate of drug-likeness (QED) is 0.480. The zero-order chi connectivity index (χ0) is 9.68. The maximum absolute atomic E-state index is 9.99. The lowest BCUT2D eigenvalue weighted by Gasteiger charge is -2.02. The van der Waals surface area contributed by atoms with Gasteiger partial charge in [-0.1, -0.05) is 12.1 Å². The summed E-state index contributed by atoms with van der Waals surface area (Å²) in [6, 6.07) is 6.97. The Hall–Kier alpha value is -1.75. The summed E-state index contributed by atoms with van der Waals surface area (Å²) in [6.45, 7) is 0.187. The van der Waals surface area contributed by atoms with E-state index >= 15 is 0 Å². The van der Waals surface area contributed by atoms with Crippen LogP contribution < -0.4 is 11.2 Å². The van der Waals surface area contributed by atoms with Crippen LogP contribution in [0.1, 0.15) is 5.56 Å². The third-order valence-electron chi connectivity index (χ3n) is 1.38. The number of carbonyl (C=O) groups is 1. The first-order chi connectivity index (χ1) is 6.18. The molecule has 5 nitrogen and oxygen atoms in total. The van der Waals surface area contributed by atoms with Crippen molar-refractivity contribution in [1.82, 2.24) is 5.48 Å². The lowest BCUT2D eigenvalue weighted by molar-refractivity contribution is 0.0315. The molecule has 0 aliphatic rings. The monoisotopic (exact) mass is 182 g/mol. The maximum Gasteiger partial charge on any atom is 0.428 e. The van der Waals surface area contributed by atoms with Crippen LogP contribution in [0, 0.1) is 0 Å². The Balaban J connectivity index is 2.37. The molecule has 0 unspecified atom stereocenters. The fourth-order valence-electron chi connectivity index (χ4n) is 0.795. The minimum atomic E-state index is -1.21. The second kappa shape index (κ2) is 4.32. The molecule has 4 N–H and O–H groups in total. The molecule has 0 heterocycles. The second-order valence-electron chi connectivity index (χ2n) is 2.44. The normalized spacial score (nSPS) is 9.54. The summed E-state index contributed by atoms with van der Waals surface area (Å²) < 4.78 is 0. The van der Waals surface area contributed by atoms with Gasteiger partial charge in [-0.3, -0.25) is 4.84 Å². The third kappa shape index (κ3) is 3.44. The van der Waals surface area contributed by atoms with Gasteiger partial charge in [-0.2, -0.15) is 5.48 Å². The van der Waals surface area contributed by atoms with Crippen molar-refractivity contribution in [2.24, 2.45) is 0 Å². The molecule has 5 heteroatoms. The van der Waals surface area contributed by atoms with Gasteiger partial charge in [0.05, 0.1) is 6.61 Å². The number of amides is 1. The van der Waals surface area contributed by atoms with Crippen LogP contribution in [-0.4, -0.2) is 11.2 Å². The van der Waals surface area contributed by atoms with Crippen LogP contribution in [0.2, 0.25) is 0 Å². The number of benzene rings is 1. The van der Waals surface area contributed by atoms with Crippen LogP contribution in [0.4, 0.5) is 10.5 Å². The summed E-state index contributed by atoms with van der Waals surface area (Å²) in [4.78, 5) is 14.6. The topological polar surface area (TPSA) is 84.6 Å². The first-order valence-electron chi connectivity index (χ1n) is 3.63. The zero-order valence-electron chi connectivity index (χ0n) is 6.86. The highest BCUT2D eigenvalue weighted by atomic mass is 16.7. The molecule has 70 valence electrons. The molecule has 0 aliphatic carbocycles. The fraction of sp³-hybridized carbons (Fsp3) is 0.125. The molecule has 0 bridgehead atoms. The number of anilines is 1. The summed E-state index contributed by atoms with van der Waals surface area (Å²) in [5.41, 5.74) is 8.76. The first-order valence-corrected chi connectivity index (χ1v) is 3.63. The maximum atomic E-state index is 9.99. The van der Waals surface area contributed by atoms with Crippen LogP contribution >= 0.6 is 0 Å². The van der Waals surface area contributed by atoms with E-state index in [0.29, 0.717) is 5.69 Å². The van der Waals surface area contributed by atoms with Gasteiger partial charge in [-0.05, 0) is 17.7 Å². The molecule has 0 saturated carbocycles. The van der Waals surface area contributed by atoms with E-state index in [-0.39, 0.29) is 6.61 Å². The number of nitrogens with two attached hydrogens (primary N) is 1. The number of hydrogen-bond acceptors (Lipinski definition) is 3. The molecular weight excluding hydrogens is 172 g/mol. The average Bonchev–Trinajstić information content (AvgIpc) is 2.08. The highest BCUT2D eigenvalue weighted by Crippen LogP contribution is 2.05. The number of hydroxylamine groups is 1. The SMILES string of the molecule is Nc1ccc(CONC(=O)O)cc1. The minimum absolute atomic E-state index is 0.187. The molecule has 1 aromatic rings. The van der Waals surface area contributed by atoms with Crippen LogP contribution in [0.3, 0.4) is 0 Å². The first kappa shape index (κ1) is 9.34. The summed E-state index contributed by atoms with van der Waals surface area (Å²) >= 11 is 0. The number of nitrogens with one attached hydrogen (secondary N) is 1. The van der Waals surface area contributed by atoms with Gasteiger partial charge >= 0.3 is 6.09 Å². The van der Waals surface area contributed by atoms with Crippen molar-refractivity contribution >= 4 is 11.8 Å². The van der Waals surface area contributed by atoms with Gasteiger partial charge in [0, 0.05) is 5.69 Å². The van der Waals surface area contributed by atoms with Crippen LogP contribution in [0.5, 0.6) is 0 Å². The molecule has 0 aromatic heterocycles. The van der Waals surface area contributed by atoms with E-state index in [9.17, 15) is 4.79 Å². The Morgan fingerprint density at radius 3 is 2.62 bits per heavy atom.